The number of ketones is 1. The Morgan fingerprint density at radius 2 is 1.87 bits per heavy atom. The Morgan fingerprint density at radius 3 is 2.55 bits per heavy atom. The fraction of sp³-hybridized carbons (Fsp3) is 0.320. The molecular weight excluding hydrogens is 410 g/mol. The van der Waals surface area contributed by atoms with Gasteiger partial charge in [-0.05, 0) is 61.1 Å². The van der Waals surface area contributed by atoms with Crippen molar-refractivity contribution < 1.29 is 9.59 Å². The molecule has 0 saturated carbocycles. The standard InChI is InChI=1S/C25H26ClN3O2/c1-14-9-10-27-20(11-14)29-24(31)21-15(2)28-18-12-25(3,4)13-19(30)23(18)22(21)16-5-7-17(26)8-6-16/h5-11,22,28H,12-13H2,1-4H3,(H,27,29,31)/t22-/m0/s1. The van der Waals surface area contributed by atoms with Crippen LogP contribution in [0.3, 0.4) is 0 Å². The Labute approximate surface area is 187 Å². The normalized spacial score (nSPS) is 20.3. The molecule has 0 spiro atoms. The number of rotatable bonds is 3. The van der Waals surface area contributed by atoms with Gasteiger partial charge in [-0.15, -0.1) is 0 Å². The second-order valence-corrected chi connectivity index (χ2v) is 9.59. The van der Waals surface area contributed by atoms with E-state index in [-0.39, 0.29) is 17.1 Å². The maximum atomic E-state index is 13.4. The van der Waals surface area contributed by atoms with Gasteiger partial charge in [-0.2, -0.15) is 0 Å². The van der Waals surface area contributed by atoms with E-state index in [9.17, 15) is 9.59 Å². The van der Waals surface area contributed by atoms with Gasteiger partial charge in [-0.1, -0.05) is 37.6 Å². The van der Waals surface area contributed by atoms with E-state index in [2.05, 4.69) is 29.5 Å². The summed E-state index contributed by atoms with van der Waals surface area (Å²) < 4.78 is 0. The molecule has 6 heteroatoms. The molecule has 0 unspecified atom stereocenters. The van der Waals surface area contributed by atoms with E-state index < -0.39 is 5.92 Å². The monoisotopic (exact) mass is 435 g/mol. The highest BCUT2D eigenvalue weighted by atomic mass is 35.5. The number of allylic oxidation sites excluding steroid dienone is 3. The van der Waals surface area contributed by atoms with Crippen LogP contribution in [0.15, 0.2) is 65.1 Å². The lowest BCUT2D eigenvalue weighted by atomic mass is 9.68. The number of pyridine rings is 1. The smallest absolute Gasteiger partial charge is 0.255 e. The van der Waals surface area contributed by atoms with Gasteiger partial charge in [0, 0.05) is 46.1 Å². The Kier molecular flexibility index (Phi) is 5.48. The number of nitrogens with zero attached hydrogens (tertiary/aromatic N) is 1. The number of halogens is 1. The van der Waals surface area contributed by atoms with E-state index in [0.717, 1.165) is 28.9 Å². The zero-order valence-corrected chi connectivity index (χ0v) is 18.9. The second kappa shape index (κ2) is 7.97. The molecule has 1 atom stereocenters. The van der Waals surface area contributed by atoms with Crippen LogP contribution in [0.5, 0.6) is 0 Å². The van der Waals surface area contributed by atoms with Crippen molar-refractivity contribution >= 4 is 29.1 Å². The molecular formula is C25H26ClN3O2. The van der Waals surface area contributed by atoms with E-state index in [1.54, 1.807) is 18.3 Å². The van der Waals surface area contributed by atoms with Gasteiger partial charge in [-0.25, -0.2) is 4.98 Å². The Morgan fingerprint density at radius 1 is 1.16 bits per heavy atom. The Bertz CT molecular complexity index is 1130. The number of hydrogen-bond donors (Lipinski definition) is 2. The lowest BCUT2D eigenvalue weighted by molar-refractivity contribution is -0.118. The van der Waals surface area contributed by atoms with Gasteiger partial charge >= 0.3 is 0 Å². The molecule has 0 radical (unpaired) electrons. The van der Waals surface area contributed by atoms with Crippen LogP contribution in [-0.4, -0.2) is 16.7 Å². The number of hydrogen-bond acceptors (Lipinski definition) is 4. The molecule has 160 valence electrons. The summed E-state index contributed by atoms with van der Waals surface area (Å²) in [4.78, 5) is 31.0. The molecule has 1 aliphatic carbocycles. The highest BCUT2D eigenvalue weighted by molar-refractivity contribution is 6.30. The number of amides is 1. The van der Waals surface area contributed by atoms with Crippen molar-refractivity contribution in [2.24, 2.45) is 5.41 Å². The minimum atomic E-state index is -0.457. The molecule has 1 amide bonds. The van der Waals surface area contributed by atoms with E-state index in [4.69, 9.17) is 11.6 Å². The lowest BCUT2D eigenvalue weighted by Gasteiger charge is -2.39. The molecule has 0 fully saturated rings. The van der Waals surface area contributed by atoms with E-state index >= 15 is 0 Å². The number of nitrogens with one attached hydrogen (secondary N) is 2. The summed E-state index contributed by atoms with van der Waals surface area (Å²) in [5.41, 5.74) is 4.60. The molecule has 2 N–H and O–H groups in total. The quantitative estimate of drug-likeness (QED) is 0.687. The van der Waals surface area contributed by atoms with Crippen LogP contribution in [0.4, 0.5) is 5.82 Å². The van der Waals surface area contributed by atoms with E-state index in [0.29, 0.717) is 28.4 Å². The minimum Gasteiger partial charge on any atom is -0.362 e. The molecule has 0 bridgehead atoms. The summed E-state index contributed by atoms with van der Waals surface area (Å²) in [5.74, 6) is -0.171. The number of carbonyl (C=O) groups is 2. The van der Waals surface area contributed by atoms with Crippen molar-refractivity contribution in [2.75, 3.05) is 5.32 Å². The number of aryl methyl sites for hydroxylation is 1. The van der Waals surface area contributed by atoms with Gasteiger partial charge in [-0.3, -0.25) is 9.59 Å². The molecule has 2 aliphatic rings. The number of benzene rings is 1. The zero-order valence-electron chi connectivity index (χ0n) is 18.2. The van der Waals surface area contributed by atoms with Gasteiger partial charge < -0.3 is 10.6 Å². The van der Waals surface area contributed by atoms with Crippen LogP contribution in [0.1, 0.15) is 50.7 Å². The van der Waals surface area contributed by atoms with Gasteiger partial charge in [0.2, 0.25) is 0 Å². The SMILES string of the molecule is CC1=C(C(=O)Nc2cc(C)ccn2)[C@H](c2ccc(Cl)cc2)C2=C(CC(C)(C)CC2=O)N1. The largest absolute Gasteiger partial charge is 0.362 e. The van der Waals surface area contributed by atoms with Crippen molar-refractivity contribution in [1.29, 1.82) is 0 Å². The first-order valence-electron chi connectivity index (χ1n) is 10.4. The van der Waals surface area contributed by atoms with Crippen LogP contribution in [0.25, 0.3) is 0 Å². The molecule has 1 aromatic carbocycles. The van der Waals surface area contributed by atoms with E-state index in [1.807, 2.05) is 38.1 Å². The number of dihydropyridines is 1. The summed E-state index contributed by atoms with van der Waals surface area (Å²) in [6, 6.07) is 11.1. The second-order valence-electron chi connectivity index (χ2n) is 9.15. The molecule has 0 saturated heterocycles. The molecule has 2 heterocycles. The molecule has 5 nitrogen and oxygen atoms in total. The van der Waals surface area contributed by atoms with Crippen LogP contribution < -0.4 is 10.6 Å². The molecule has 1 aromatic heterocycles. The van der Waals surface area contributed by atoms with Gasteiger partial charge in [0.1, 0.15) is 5.82 Å². The van der Waals surface area contributed by atoms with Gasteiger partial charge in [0.15, 0.2) is 5.78 Å². The van der Waals surface area contributed by atoms with Crippen molar-refractivity contribution in [3.63, 3.8) is 0 Å². The molecule has 31 heavy (non-hydrogen) atoms. The van der Waals surface area contributed by atoms with E-state index in [1.165, 1.54) is 0 Å². The third-order valence-electron chi connectivity index (χ3n) is 5.84. The topological polar surface area (TPSA) is 71.1 Å². The summed E-state index contributed by atoms with van der Waals surface area (Å²) in [6.07, 6.45) is 2.87. The minimum absolute atomic E-state index is 0.0742. The average Bonchev–Trinajstić information content (AvgIpc) is 2.66. The third kappa shape index (κ3) is 4.28. The first kappa shape index (κ1) is 21.3. The predicted octanol–water partition coefficient (Wildman–Crippen LogP) is 5.29. The molecule has 4 rings (SSSR count). The number of carbonyl (C=O) groups excluding carboxylic acids is 2. The van der Waals surface area contributed by atoms with Crippen LogP contribution >= 0.6 is 11.6 Å². The van der Waals surface area contributed by atoms with Crippen molar-refractivity contribution in [1.82, 2.24) is 10.3 Å². The summed E-state index contributed by atoms with van der Waals surface area (Å²) in [7, 11) is 0. The van der Waals surface area contributed by atoms with Crippen molar-refractivity contribution in [2.45, 2.75) is 46.5 Å². The number of Topliss-reactive ketones (excluding diaryl/α,β-unsaturated/α-hetero) is 1. The first-order chi connectivity index (χ1) is 14.6. The average molecular weight is 436 g/mol. The predicted molar refractivity (Wildman–Crippen MR) is 123 cm³/mol. The zero-order chi connectivity index (χ0) is 22.3. The Balaban J connectivity index is 1.80. The first-order valence-corrected chi connectivity index (χ1v) is 10.8. The highest BCUT2D eigenvalue weighted by Crippen LogP contribution is 2.46. The van der Waals surface area contributed by atoms with Crippen LogP contribution in [0.2, 0.25) is 5.02 Å². The molecule has 1 aliphatic heterocycles. The fourth-order valence-corrected chi connectivity index (χ4v) is 4.64. The summed E-state index contributed by atoms with van der Waals surface area (Å²) in [6.45, 7) is 8.02. The van der Waals surface area contributed by atoms with Crippen LogP contribution in [0, 0.1) is 12.3 Å². The lowest BCUT2D eigenvalue weighted by Crippen LogP contribution is -2.39. The maximum absolute atomic E-state index is 13.4. The van der Waals surface area contributed by atoms with Gasteiger partial charge in [0.05, 0.1) is 0 Å². The van der Waals surface area contributed by atoms with Crippen molar-refractivity contribution in [3.05, 3.63) is 81.3 Å². The Hall–Kier alpha value is -2.92. The molecule has 2 aromatic rings. The highest BCUT2D eigenvalue weighted by Gasteiger charge is 2.42. The summed E-state index contributed by atoms with van der Waals surface area (Å²) >= 11 is 6.11. The fourth-order valence-electron chi connectivity index (χ4n) is 4.51. The maximum Gasteiger partial charge on any atom is 0.255 e. The van der Waals surface area contributed by atoms with Crippen LogP contribution in [-0.2, 0) is 9.59 Å². The summed E-state index contributed by atoms with van der Waals surface area (Å²) in [5, 5.41) is 6.90. The van der Waals surface area contributed by atoms with Gasteiger partial charge in [0.25, 0.3) is 5.91 Å². The third-order valence-corrected chi connectivity index (χ3v) is 6.10. The number of aromatic nitrogens is 1. The number of anilines is 1. The van der Waals surface area contributed by atoms with Crippen molar-refractivity contribution in [3.8, 4) is 0 Å².